The van der Waals surface area contributed by atoms with Crippen molar-refractivity contribution >= 4 is 11.6 Å². The highest BCUT2D eigenvalue weighted by molar-refractivity contribution is 6.31. The Balaban J connectivity index is 2.39. The van der Waals surface area contributed by atoms with E-state index in [9.17, 15) is 0 Å². The number of benzene rings is 1. The van der Waals surface area contributed by atoms with E-state index < -0.39 is 0 Å². The van der Waals surface area contributed by atoms with Crippen LogP contribution in [-0.2, 0) is 7.05 Å². The molecule has 0 aliphatic rings. The zero-order chi connectivity index (χ0) is 12.3. The van der Waals surface area contributed by atoms with Crippen LogP contribution in [0.4, 0.5) is 0 Å². The molecule has 0 saturated heterocycles. The van der Waals surface area contributed by atoms with Crippen LogP contribution in [0.25, 0.3) is 0 Å². The third kappa shape index (κ3) is 2.65. The fourth-order valence-corrected chi connectivity index (χ4v) is 2.03. The van der Waals surface area contributed by atoms with E-state index in [2.05, 4.69) is 22.6 Å². The summed E-state index contributed by atoms with van der Waals surface area (Å²) in [5.74, 6) is 0. The Labute approximate surface area is 106 Å². The van der Waals surface area contributed by atoms with Crippen LogP contribution in [0.15, 0.2) is 30.5 Å². The molecule has 0 radical (unpaired) electrons. The van der Waals surface area contributed by atoms with Crippen LogP contribution in [0.2, 0.25) is 5.02 Å². The summed E-state index contributed by atoms with van der Waals surface area (Å²) in [7, 11) is 1.85. The minimum atomic E-state index is -0.0117. The number of aromatic nitrogens is 3. The van der Waals surface area contributed by atoms with Crippen LogP contribution in [0.1, 0.15) is 24.2 Å². The van der Waals surface area contributed by atoms with Gasteiger partial charge in [-0.1, -0.05) is 41.9 Å². The Morgan fingerprint density at radius 2 is 2.18 bits per heavy atom. The van der Waals surface area contributed by atoms with Crippen molar-refractivity contribution in [3.05, 3.63) is 46.7 Å². The van der Waals surface area contributed by atoms with Crippen molar-refractivity contribution in [1.82, 2.24) is 20.3 Å². The molecule has 0 spiro atoms. The van der Waals surface area contributed by atoms with E-state index in [1.807, 2.05) is 37.5 Å². The lowest BCUT2D eigenvalue weighted by atomic mass is 10.0. The van der Waals surface area contributed by atoms with Crippen LogP contribution in [0.3, 0.4) is 0 Å². The van der Waals surface area contributed by atoms with E-state index in [1.54, 1.807) is 4.68 Å². The topological polar surface area (TPSA) is 42.7 Å². The normalized spacial score (nSPS) is 12.6. The summed E-state index contributed by atoms with van der Waals surface area (Å²) in [6.07, 6.45) is 1.90. The van der Waals surface area contributed by atoms with E-state index in [4.69, 9.17) is 11.6 Å². The Hall–Kier alpha value is -1.39. The molecule has 17 heavy (non-hydrogen) atoms. The van der Waals surface area contributed by atoms with Gasteiger partial charge < -0.3 is 5.32 Å². The summed E-state index contributed by atoms with van der Waals surface area (Å²) in [5.41, 5.74) is 1.90. The molecule has 1 atom stereocenters. The maximum atomic E-state index is 6.22. The first-order valence-corrected chi connectivity index (χ1v) is 5.94. The minimum Gasteiger partial charge on any atom is -0.305 e. The number of hydrogen-bond donors (Lipinski definition) is 1. The molecule has 0 amide bonds. The summed E-state index contributed by atoms with van der Waals surface area (Å²) in [5, 5.41) is 12.2. The van der Waals surface area contributed by atoms with E-state index >= 15 is 0 Å². The number of nitrogens with zero attached hydrogens (tertiary/aromatic N) is 3. The van der Waals surface area contributed by atoms with Crippen molar-refractivity contribution in [2.24, 2.45) is 7.05 Å². The third-order valence-corrected chi connectivity index (χ3v) is 2.88. The average molecular weight is 251 g/mol. The highest BCUT2D eigenvalue weighted by Gasteiger charge is 2.18. The van der Waals surface area contributed by atoms with E-state index in [-0.39, 0.29) is 6.04 Å². The first-order chi connectivity index (χ1) is 8.22. The number of halogens is 1. The molecule has 4 nitrogen and oxygen atoms in total. The first kappa shape index (κ1) is 12.1. The van der Waals surface area contributed by atoms with Crippen molar-refractivity contribution in [1.29, 1.82) is 0 Å². The SMILES string of the molecule is CCNC(c1cn(C)nn1)c1ccccc1Cl. The lowest BCUT2D eigenvalue weighted by Crippen LogP contribution is -2.22. The molecular formula is C12H15ClN4. The molecule has 0 saturated carbocycles. The number of rotatable bonds is 4. The Morgan fingerprint density at radius 3 is 2.76 bits per heavy atom. The van der Waals surface area contributed by atoms with Gasteiger partial charge in [0.05, 0.1) is 12.2 Å². The molecule has 90 valence electrons. The highest BCUT2D eigenvalue weighted by Crippen LogP contribution is 2.26. The molecule has 2 aromatic rings. The summed E-state index contributed by atoms with van der Waals surface area (Å²) in [4.78, 5) is 0. The molecule has 1 aromatic carbocycles. The standard InChI is InChI=1S/C12H15ClN4/c1-3-14-12(11-8-17(2)16-15-11)9-6-4-5-7-10(9)13/h4-8,12,14H,3H2,1-2H3. The third-order valence-electron chi connectivity index (χ3n) is 2.54. The van der Waals surface area contributed by atoms with Gasteiger partial charge in [0.25, 0.3) is 0 Å². The van der Waals surface area contributed by atoms with Gasteiger partial charge in [-0.05, 0) is 18.2 Å². The maximum absolute atomic E-state index is 6.22. The maximum Gasteiger partial charge on any atom is 0.104 e. The Kier molecular flexibility index (Phi) is 3.76. The largest absolute Gasteiger partial charge is 0.305 e. The molecule has 0 fully saturated rings. The lowest BCUT2D eigenvalue weighted by Gasteiger charge is -2.16. The van der Waals surface area contributed by atoms with Gasteiger partial charge in [-0.15, -0.1) is 5.10 Å². The van der Waals surface area contributed by atoms with Gasteiger partial charge in [-0.2, -0.15) is 0 Å². The van der Waals surface area contributed by atoms with Gasteiger partial charge in [0.2, 0.25) is 0 Å². The Bertz CT molecular complexity index is 495. The average Bonchev–Trinajstić information content (AvgIpc) is 2.74. The smallest absolute Gasteiger partial charge is 0.104 e. The van der Waals surface area contributed by atoms with Crippen molar-refractivity contribution in [2.75, 3.05) is 6.54 Å². The summed E-state index contributed by atoms with van der Waals surface area (Å²) in [6, 6.07) is 7.78. The second-order valence-corrected chi connectivity index (χ2v) is 4.24. The van der Waals surface area contributed by atoms with Gasteiger partial charge in [-0.3, -0.25) is 4.68 Å². The van der Waals surface area contributed by atoms with Crippen molar-refractivity contribution in [2.45, 2.75) is 13.0 Å². The first-order valence-electron chi connectivity index (χ1n) is 5.56. The summed E-state index contributed by atoms with van der Waals surface area (Å²) < 4.78 is 1.69. The molecule has 1 heterocycles. The predicted octanol–water partition coefficient (Wildman–Crippen LogP) is 2.17. The quantitative estimate of drug-likeness (QED) is 0.904. The monoisotopic (exact) mass is 250 g/mol. The summed E-state index contributed by atoms with van der Waals surface area (Å²) in [6.45, 7) is 2.90. The van der Waals surface area contributed by atoms with Crippen LogP contribution < -0.4 is 5.32 Å². The Morgan fingerprint density at radius 1 is 1.41 bits per heavy atom. The zero-order valence-electron chi connectivity index (χ0n) is 9.89. The van der Waals surface area contributed by atoms with E-state index in [0.29, 0.717) is 0 Å². The van der Waals surface area contributed by atoms with E-state index in [0.717, 1.165) is 22.8 Å². The molecule has 0 bridgehead atoms. The van der Waals surface area contributed by atoms with Crippen LogP contribution in [0.5, 0.6) is 0 Å². The predicted molar refractivity (Wildman–Crippen MR) is 68.0 cm³/mol. The van der Waals surface area contributed by atoms with Crippen molar-refractivity contribution in [3.63, 3.8) is 0 Å². The molecule has 1 unspecified atom stereocenters. The second-order valence-electron chi connectivity index (χ2n) is 3.83. The van der Waals surface area contributed by atoms with Gasteiger partial charge >= 0.3 is 0 Å². The minimum absolute atomic E-state index is 0.0117. The fraction of sp³-hybridized carbons (Fsp3) is 0.333. The molecular weight excluding hydrogens is 236 g/mol. The zero-order valence-corrected chi connectivity index (χ0v) is 10.6. The fourth-order valence-electron chi connectivity index (χ4n) is 1.78. The second kappa shape index (κ2) is 5.29. The number of hydrogen-bond acceptors (Lipinski definition) is 3. The lowest BCUT2D eigenvalue weighted by molar-refractivity contribution is 0.613. The number of nitrogens with one attached hydrogen (secondary N) is 1. The van der Waals surface area contributed by atoms with Crippen molar-refractivity contribution < 1.29 is 0 Å². The summed E-state index contributed by atoms with van der Waals surface area (Å²) >= 11 is 6.22. The molecule has 0 aliphatic heterocycles. The van der Waals surface area contributed by atoms with Crippen LogP contribution in [-0.4, -0.2) is 21.5 Å². The van der Waals surface area contributed by atoms with Gasteiger partial charge in [0, 0.05) is 12.1 Å². The van der Waals surface area contributed by atoms with Gasteiger partial charge in [-0.25, -0.2) is 0 Å². The van der Waals surface area contributed by atoms with Crippen LogP contribution in [0, 0.1) is 0 Å². The van der Waals surface area contributed by atoms with Crippen LogP contribution >= 0.6 is 11.6 Å². The molecule has 2 rings (SSSR count). The van der Waals surface area contributed by atoms with Crippen molar-refractivity contribution in [3.8, 4) is 0 Å². The van der Waals surface area contributed by atoms with E-state index in [1.165, 1.54) is 0 Å². The molecule has 5 heteroatoms. The molecule has 1 N–H and O–H groups in total. The van der Waals surface area contributed by atoms with Gasteiger partial charge in [0.15, 0.2) is 0 Å². The molecule has 1 aromatic heterocycles. The van der Waals surface area contributed by atoms with Gasteiger partial charge in [0.1, 0.15) is 5.69 Å². The highest BCUT2D eigenvalue weighted by atomic mass is 35.5. The number of aryl methyl sites for hydroxylation is 1. The molecule has 0 aliphatic carbocycles.